The van der Waals surface area contributed by atoms with E-state index in [4.69, 9.17) is 16.3 Å². The van der Waals surface area contributed by atoms with Crippen LogP contribution in [0.1, 0.15) is 27.3 Å². The number of nitrogens with zero attached hydrogens (tertiary/aromatic N) is 2. The Morgan fingerprint density at radius 1 is 1.12 bits per heavy atom. The number of likely N-dealkylation sites (N-methyl/N-ethyl adjacent to an activating group) is 1. The molecule has 8 nitrogen and oxygen atoms in total. The molecule has 0 aliphatic carbocycles. The molecule has 9 heteroatoms. The van der Waals surface area contributed by atoms with Crippen LogP contribution < -0.4 is 15.4 Å². The standard InChI is InChI=1S/C24H26ClN5O3/c1-29-9-11-30(12-10-29)24(32)17-3-2-4-19-22(17)33-21(7-8-26-19)28-23(31)20-14-15-13-16(25)5-6-18(15)27-20/h2-6,13-14,21,26-27H,7-12H2,1H3,(H,28,31). The Morgan fingerprint density at radius 3 is 2.76 bits per heavy atom. The highest BCUT2D eigenvalue weighted by atomic mass is 35.5. The zero-order valence-corrected chi connectivity index (χ0v) is 19.1. The van der Waals surface area contributed by atoms with Crippen LogP contribution in [0.3, 0.4) is 0 Å². The van der Waals surface area contributed by atoms with E-state index in [1.807, 2.05) is 29.2 Å². The van der Waals surface area contributed by atoms with Gasteiger partial charge in [0.2, 0.25) is 0 Å². The number of nitrogens with one attached hydrogen (secondary N) is 3. The number of hydrogen-bond acceptors (Lipinski definition) is 5. The molecular weight excluding hydrogens is 442 g/mol. The predicted octanol–water partition coefficient (Wildman–Crippen LogP) is 3.16. The number of amides is 2. The number of fused-ring (bicyclic) bond motifs is 2. The lowest BCUT2D eigenvalue weighted by Gasteiger charge is -2.33. The SMILES string of the molecule is CN1CCN(C(=O)c2cccc3c2OC(NC(=O)c2cc4cc(Cl)ccc4[nH]2)CCN3)CC1. The van der Waals surface area contributed by atoms with Crippen LogP contribution in [0, 0.1) is 0 Å². The zero-order valence-electron chi connectivity index (χ0n) is 18.4. The van der Waals surface area contributed by atoms with Gasteiger partial charge in [-0.1, -0.05) is 17.7 Å². The number of carbonyl (C=O) groups excluding carboxylic acids is 2. The van der Waals surface area contributed by atoms with Gasteiger partial charge in [-0.15, -0.1) is 0 Å². The van der Waals surface area contributed by atoms with Gasteiger partial charge < -0.3 is 30.2 Å². The first-order valence-corrected chi connectivity index (χ1v) is 11.5. The monoisotopic (exact) mass is 467 g/mol. The second kappa shape index (κ2) is 8.96. The molecule has 0 bridgehead atoms. The number of carbonyl (C=O) groups is 2. The second-order valence-electron chi connectivity index (χ2n) is 8.49. The fraction of sp³-hybridized carbons (Fsp3) is 0.333. The van der Waals surface area contributed by atoms with Gasteiger partial charge in [-0.3, -0.25) is 9.59 Å². The minimum atomic E-state index is -0.581. The van der Waals surface area contributed by atoms with E-state index >= 15 is 0 Å². The summed E-state index contributed by atoms with van der Waals surface area (Å²) >= 11 is 6.06. The maximum atomic E-state index is 13.3. The molecule has 1 atom stereocenters. The van der Waals surface area contributed by atoms with Crippen LogP contribution in [0.15, 0.2) is 42.5 Å². The number of H-pyrrole nitrogens is 1. The van der Waals surface area contributed by atoms with Gasteiger partial charge in [0.25, 0.3) is 11.8 Å². The van der Waals surface area contributed by atoms with E-state index in [0.29, 0.717) is 48.1 Å². The molecule has 1 fully saturated rings. The Morgan fingerprint density at radius 2 is 1.94 bits per heavy atom. The Kier molecular flexibility index (Phi) is 5.86. The highest BCUT2D eigenvalue weighted by Gasteiger charge is 2.28. The lowest BCUT2D eigenvalue weighted by molar-refractivity contribution is 0.0654. The molecule has 0 spiro atoms. The van der Waals surface area contributed by atoms with E-state index in [-0.39, 0.29) is 11.8 Å². The molecule has 2 aliphatic rings. The lowest BCUT2D eigenvalue weighted by Crippen LogP contribution is -2.47. The van der Waals surface area contributed by atoms with E-state index in [2.05, 4.69) is 27.6 Å². The number of piperazine rings is 1. The highest BCUT2D eigenvalue weighted by molar-refractivity contribution is 6.31. The van der Waals surface area contributed by atoms with Crippen LogP contribution >= 0.6 is 11.6 Å². The van der Waals surface area contributed by atoms with Gasteiger partial charge in [0.1, 0.15) is 5.69 Å². The summed E-state index contributed by atoms with van der Waals surface area (Å²) < 4.78 is 6.22. The summed E-state index contributed by atoms with van der Waals surface area (Å²) in [7, 11) is 2.05. The molecule has 1 saturated heterocycles. The normalized spacial score (nSPS) is 18.7. The number of hydrogen-bond donors (Lipinski definition) is 3. The average Bonchev–Trinajstić information content (AvgIpc) is 3.12. The van der Waals surface area contributed by atoms with Crippen LogP contribution in [0.25, 0.3) is 10.9 Å². The molecule has 3 N–H and O–H groups in total. The number of aromatic amines is 1. The molecule has 3 heterocycles. The molecular formula is C24H26ClN5O3. The highest BCUT2D eigenvalue weighted by Crippen LogP contribution is 2.33. The van der Waals surface area contributed by atoms with Crippen molar-refractivity contribution in [2.45, 2.75) is 12.6 Å². The van der Waals surface area contributed by atoms with Gasteiger partial charge >= 0.3 is 0 Å². The molecule has 2 aliphatic heterocycles. The molecule has 172 valence electrons. The van der Waals surface area contributed by atoms with Gasteiger partial charge in [-0.05, 0) is 43.4 Å². The summed E-state index contributed by atoms with van der Waals surface area (Å²) in [5.41, 5.74) is 2.52. The van der Waals surface area contributed by atoms with Crippen LogP contribution in [-0.4, -0.2) is 72.6 Å². The molecule has 5 rings (SSSR count). The van der Waals surface area contributed by atoms with Crippen LogP contribution in [-0.2, 0) is 0 Å². The van der Waals surface area contributed by atoms with E-state index in [1.54, 1.807) is 18.2 Å². The number of rotatable bonds is 3. The van der Waals surface area contributed by atoms with Crippen molar-refractivity contribution in [3.05, 3.63) is 58.7 Å². The molecule has 3 aromatic rings. The number of para-hydroxylation sites is 1. The fourth-order valence-electron chi connectivity index (χ4n) is 4.24. The van der Waals surface area contributed by atoms with Crippen molar-refractivity contribution in [1.29, 1.82) is 0 Å². The quantitative estimate of drug-likeness (QED) is 0.550. The number of aromatic nitrogens is 1. The third kappa shape index (κ3) is 4.49. The minimum absolute atomic E-state index is 0.0544. The van der Waals surface area contributed by atoms with Crippen molar-refractivity contribution >= 4 is 40.0 Å². The predicted molar refractivity (Wildman–Crippen MR) is 128 cm³/mol. The number of anilines is 1. The summed E-state index contributed by atoms with van der Waals surface area (Å²) in [4.78, 5) is 33.4. The molecule has 33 heavy (non-hydrogen) atoms. The van der Waals surface area contributed by atoms with Gasteiger partial charge in [0, 0.05) is 55.1 Å². The summed E-state index contributed by atoms with van der Waals surface area (Å²) in [6.07, 6.45) is -0.0306. The Hall–Kier alpha value is -3.23. The Labute approximate surface area is 196 Å². The van der Waals surface area contributed by atoms with Crippen molar-refractivity contribution in [2.75, 3.05) is 45.1 Å². The van der Waals surface area contributed by atoms with E-state index < -0.39 is 6.23 Å². The van der Waals surface area contributed by atoms with Crippen molar-refractivity contribution in [1.82, 2.24) is 20.1 Å². The fourth-order valence-corrected chi connectivity index (χ4v) is 4.42. The van der Waals surface area contributed by atoms with E-state index in [1.165, 1.54) is 0 Å². The first-order valence-electron chi connectivity index (χ1n) is 11.1. The van der Waals surface area contributed by atoms with Crippen molar-refractivity contribution in [2.24, 2.45) is 0 Å². The molecule has 1 unspecified atom stereocenters. The first kappa shape index (κ1) is 21.6. The molecule has 0 saturated carbocycles. The molecule has 0 radical (unpaired) electrons. The third-order valence-electron chi connectivity index (χ3n) is 6.14. The summed E-state index contributed by atoms with van der Waals surface area (Å²) in [6.45, 7) is 3.64. The first-order chi connectivity index (χ1) is 16.0. The number of ether oxygens (including phenoxy) is 1. The molecule has 2 amide bonds. The molecule has 1 aromatic heterocycles. The van der Waals surface area contributed by atoms with Crippen LogP contribution in [0.4, 0.5) is 5.69 Å². The van der Waals surface area contributed by atoms with Gasteiger partial charge in [-0.25, -0.2) is 0 Å². The Balaban J connectivity index is 1.35. The second-order valence-corrected chi connectivity index (χ2v) is 8.92. The van der Waals surface area contributed by atoms with Gasteiger partial charge in [0.15, 0.2) is 12.0 Å². The lowest BCUT2D eigenvalue weighted by atomic mass is 10.1. The maximum absolute atomic E-state index is 13.3. The minimum Gasteiger partial charge on any atom is -0.468 e. The maximum Gasteiger partial charge on any atom is 0.270 e. The average molecular weight is 468 g/mol. The van der Waals surface area contributed by atoms with Crippen molar-refractivity contribution < 1.29 is 14.3 Å². The summed E-state index contributed by atoms with van der Waals surface area (Å²) in [5.74, 6) is 0.146. The number of benzene rings is 2. The Bertz CT molecular complexity index is 1200. The smallest absolute Gasteiger partial charge is 0.270 e. The third-order valence-corrected chi connectivity index (χ3v) is 6.37. The van der Waals surface area contributed by atoms with Crippen molar-refractivity contribution in [3.8, 4) is 5.75 Å². The van der Waals surface area contributed by atoms with Crippen LogP contribution in [0.5, 0.6) is 5.75 Å². The summed E-state index contributed by atoms with van der Waals surface area (Å²) in [5, 5.41) is 7.74. The summed E-state index contributed by atoms with van der Waals surface area (Å²) in [6, 6.07) is 12.7. The number of halogens is 1. The largest absolute Gasteiger partial charge is 0.468 e. The van der Waals surface area contributed by atoms with E-state index in [9.17, 15) is 9.59 Å². The molecule has 2 aromatic carbocycles. The van der Waals surface area contributed by atoms with Gasteiger partial charge in [-0.2, -0.15) is 0 Å². The van der Waals surface area contributed by atoms with Crippen LogP contribution in [0.2, 0.25) is 5.02 Å². The van der Waals surface area contributed by atoms with Crippen molar-refractivity contribution in [3.63, 3.8) is 0 Å². The van der Waals surface area contributed by atoms with E-state index in [0.717, 1.165) is 29.7 Å². The zero-order chi connectivity index (χ0) is 22.9. The topological polar surface area (TPSA) is 89.7 Å². The van der Waals surface area contributed by atoms with Gasteiger partial charge in [0.05, 0.1) is 11.3 Å².